The Labute approximate surface area is 161 Å². The summed E-state index contributed by atoms with van der Waals surface area (Å²) in [5.74, 6) is 0. The van der Waals surface area contributed by atoms with Crippen molar-refractivity contribution in [3.05, 3.63) is 60.7 Å². The van der Waals surface area contributed by atoms with E-state index in [0.29, 0.717) is 22.1 Å². The first-order chi connectivity index (χ1) is 13.1. The zero-order chi connectivity index (χ0) is 20.5. The molecular formula is C21H23N5O2. The van der Waals surface area contributed by atoms with Crippen molar-refractivity contribution in [2.45, 2.75) is 34.6 Å². The molecule has 0 spiro atoms. The average molecular weight is 377 g/mol. The molecule has 0 bridgehead atoms. The Morgan fingerprint density at radius 3 is 1.39 bits per heavy atom. The van der Waals surface area contributed by atoms with Crippen molar-refractivity contribution in [3.8, 4) is 5.69 Å². The van der Waals surface area contributed by atoms with Gasteiger partial charge in [-0.3, -0.25) is 9.59 Å². The van der Waals surface area contributed by atoms with E-state index in [1.54, 1.807) is 18.9 Å². The van der Waals surface area contributed by atoms with Gasteiger partial charge < -0.3 is 9.13 Å². The predicted octanol–water partition coefficient (Wildman–Crippen LogP) is 2.51. The van der Waals surface area contributed by atoms with Gasteiger partial charge in [0.1, 0.15) is 11.0 Å². The van der Waals surface area contributed by atoms with Gasteiger partial charge in [-0.25, -0.2) is 0 Å². The molecule has 0 radical (unpaired) electrons. The predicted molar refractivity (Wildman–Crippen MR) is 111 cm³/mol. The summed E-state index contributed by atoms with van der Waals surface area (Å²) in [5, 5.41) is 9.38. The van der Waals surface area contributed by atoms with Gasteiger partial charge in [0.05, 0.1) is 16.7 Å². The number of benzene rings is 2. The number of fused-ring (bicyclic) bond motifs is 2. The molecule has 0 unspecified atom stereocenters. The molecule has 0 atom stereocenters. The Hall–Kier alpha value is -3.22. The van der Waals surface area contributed by atoms with Crippen LogP contribution in [0.5, 0.6) is 0 Å². The highest BCUT2D eigenvalue weighted by atomic mass is 16.2. The van der Waals surface area contributed by atoms with Gasteiger partial charge in [0.25, 0.3) is 0 Å². The molecule has 0 saturated carbocycles. The summed E-state index contributed by atoms with van der Waals surface area (Å²) in [7, 11) is 3.20. The van der Waals surface area contributed by atoms with Crippen molar-refractivity contribution in [3.63, 3.8) is 0 Å². The van der Waals surface area contributed by atoms with E-state index in [0.717, 1.165) is 16.8 Å². The molecule has 144 valence electrons. The number of nitrogens with zero attached hydrogens (tertiary/aromatic N) is 5. The van der Waals surface area contributed by atoms with Crippen molar-refractivity contribution in [2.75, 3.05) is 0 Å². The fourth-order valence-electron chi connectivity index (χ4n) is 3.86. The fraction of sp³-hybridized carbons (Fsp3) is 0.333. The molecule has 0 aliphatic carbocycles. The zero-order valence-corrected chi connectivity index (χ0v) is 17.2. The number of rotatable bonds is 1. The van der Waals surface area contributed by atoms with Crippen LogP contribution in [0, 0.1) is 34.6 Å². The summed E-state index contributed by atoms with van der Waals surface area (Å²) in [6.45, 7) is 10.5. The van der Waals surface area contributed by atoms with Gasteiger partial charge in [-0.1, -0.05) is 0 Å². The summed E-state index contributed by atoms with van der Waals surface area (Å²) in [6.07, 6.45) is 0. The summed E-state index contributed by atoms with van der Waals surface area (Å²) >= 11 is 0. The highest BCUT2D eigenvalue weighted by Gasteiger charge is 2.17. The number of hydrogen-bond acceptors (Lipinski definition) is 4. The highest BCUT2D eigenvalue weighted by molar-refractivity contribution is 5.91. The Kier molecular flexibility index (Phi) is 3.82. The minimum atomic E-state index is -0.557. The Bertz CT molecular complexity index is 1320. The van der Waals surface area contributed by atoms with Crippen LogP contribution in [0.1, 0.15) is 27.8 Å². The van der Waals surface area contributed by atoms with Gasteiger partial charge in [-0.2, -0.15) is 0 Å². The monoisotopic (exact) mass is 377 g/mol. The first-order valence-electron chi connectivity index (χ1n) is 9.17. The molecule has 7 nitrogen and oxygen atoms in total. The van der Waals surface area contributed by atoms with E-state index >= 15 is 0 Å². The van der Waals surface area contributed by atoms with Gasteiger partial charge in [0.2, 0.25) is 0 Å². The number of hydrogen-bond donors (Lipinski definition) is 0. The van der Waals surface area contributed by atoms with Crippen molar-refractivity contribution in [2.24, 2.45) is 14.1 Å². The second-order valence-corrected chi connectivity index (χ2v) is 7.52. The molecule has 0 saturated heterocycles. The summed E-state index contributed by atoms with van der Waals surface area (Å²) in [5.41, 5.74) is 8.55. The Morgan fingerprint density at radius 1 is 0.643 bits per heavy atom. The van der Waals surface area contributed by atoms with Crippen molar-refractivity contribution in [1.82, 2.24) is 24.1 Å². The Balaban J connectivity index is 2.09. The van der Waals surface area contributed by atoms with Gasteiger partial charge >= 0.3 is 11.1 Å². The van der Waals surface area contributed by atoms with Crippen LogP contribution in [0.15, 0.2) is 21.7 Å². The minimum absolute atomic E-state index is 0.557. The molecule has 4 aromatic rings. The average Bonchev–Trinajstić information content (AvgIpc) is 3.09. The van der Waals surface area contributed by atoms with Crippen molar-refractivity contribution >= 4 is 22.1 Å². The molecule has 0 amide bonds. The molecule has 0 aliphatic heterocycles. The molecule has 2 heterocycles. The van der Waals surface area contributed by atoms with Crippen LogP contribution in [0.4, 0.5) is 0 Å². The first kappa shape index (κ1) is 18.2. The smallest absolute Gasteiger partial charge is 0.305 e. The highest BCUT2D eigenvalue weighted by Crippen LogP contribution is 2.29. The SMILES string of the molecule is Cc1c(C)c(C)c(-n2nc3cc4c(cc3n2)n(C)c(=O)c(=O)n4C)c(C)c1C. The van der Waals surface area contributed by atoms with Crippen LogP contribution in [0.2, 0.25) is 0 Å². The number of aryl methyl sites for hydroxylation is 2. The quantitative estimate of drug-likeness (QED) is 0.478. The molecule has 2 aromatic carbocycles. The standard InChI is InChI=1S/C21H23N5O2/c1-10-11(2)13(4)19(14(5)12(10)3)26-22-15-8-17-18(9-16(15)23-26)25(7)21(28)20(27)24(17)6/h8-9H,1-7H3. The molecule has 0 N–H and O–H groups in total. The molecule has 0 aliphatic rings. The lowest BCUT2D eigenvalue weighted by atomic mass is 9.93. The lowest BCUT2D eigenvalue weighted by molar-refractivity contribution is 0.751. The van der Waals surface area contributed by atoms with Crippen molar-refractivity contribution < 1.29 is 0 Å². The maximum absolute atomic E-state index is 12.2. The van der Waals surface area contributed by atoms with Crippen LogP contribution < -0.4 is 11.1 Å². The van der Waals surface area contributed by atoms with Gasteiger partial charge in [0.15, 0.2) is 0 Å². The maximum Gasteiger partial charge on any atom is 0.316 e. The van der Waals surface area contributed by atoms with E-state index in [4.69, 9.17) is 10.2 Å². The molecule has 4 rings (SSSR count). The summed E-state index contributed by atoms with van der Waals surface area (Å²) < 4.78 is 2.74. The third-order valence-electron chi connectivity index (χ3n) is 6.15. The van der Waals surface area contributed by atoms with E-state index in [1.807, 2.05) is 12.1 Å². The molecule has 7 heteroatoms. The zero-order valence-electron chi connectivity index (χ0n) is 17.2. The second kappa shape index (κ2) is 5.89. The van der Waals surface area contributed by atoms with Crippen molar-refractivity contribution in [1.29, 1.82) is 0 Å². The lowest BCUT2D eigenvalue weighted by Gasteiger charge is -2.17. The lowest BCUT2D eigenvalue weighted by Crippen LogP contribution is -2.39. The van der Waals surface area contributed by atoms with Crippen LogP contribution in [0.3, 0.4) is 0 Å². The third kappa shape index (κ3) is 2.28. The van der Waals surface area contributed by atoms with Crippen LogP contribution >= 0.6 is 0 Å². The Morgan fingerprint density at radius 2 is 1.00 bits per heavy atom. The molecule has 28 heavy (non-hydrogen) atoms. The molecule has 0 fully saturated rings. The minimum Gasteiger partial charge on any atom is -0.305 e. The van der Waals surface area contributed by atoms with Gasteiger partial charge in [-0.05, 0) is 74.6 Å². The largest absolute Gasteiger partial charge is 0.316 e. The van der Waals surface area contributed by atoms with Crippen LogP contribution in [0.25, 0.3) is 27.8 Å². The van der Waals surface area contributed by atoms with Crippen LogP contribution in [-0.2, 0) is 14.1 Å². The molecule has 2 aromatic heterocycles. The van der Waals surface area contributed by atoms with E-state index < -0.39 is 11.1 Å². The normalized spacial score (nSPS) is 11.7. The van der Waals surface area contributed by atoms with E-state index in [2.05, 4.69) is 34.6 Å². The number of aromatic nitrogens is 5. The maximum atomic E-state index is 12.2. The van der Waals surface area contributed by atoms with Gasteiger partial charge in [-0.15, -0.1) is 15.0 Å². The summed E-state index contributed by atoms with van der Waals surface area (Å²) in [6, 6.07) is 3.63. The van der Waals surface area contributed by atoms with E-state index in [-0.39, 0.29) is 0 Å². The topological polar surface area (TPSA) is 74.7 Å². The van der Waals surface area contributed by atoms with Gasteiger partial charge in [0, 0.05) is 14.1 Å². The van der Waals surface area contributed by atoms with E-state index in [1.165, 1.54) is 25.8 Å². The summed E-state index contributed by atoms with van der Waals surface area (Å²) in [4.78, 5) is 26.0. The van der Waals surface area contributed by atoms with Crippen LogP contribution in [-0.4, -0.2) is 24.1 Å². The third-order valence-corrected chi connectivity index (χ3v) is 6.15. The fourth-order valence-corrected chi connectivity index (χ4v) is 3.86. The second-order valence-electron chi connectivity index (χ2n) is 7.52. The van der Waals surface area contributed by atoms with E-state index in [9.17, 15) is 9.59 Å². The first-order valence-corrected chi connectivity index (χ1v) is 9.17. The molecular weight excluding hydrogens is 354 g/mol.